The van der Waals surface area contributed by atoms with Crippen molar-refractivity contribution in [3.63, 3.8) is 0 Å². The van der Waals surface area contributed by atoms with E-state index in [4.69, 9.17) is 18.6 Å². The Morgan fingerprint density at radius 3 is 2.58 bits per heavy atom. The first-order valence-corrected chi connectivity index (χ1v) is 16.0. The highest BCUT2D eigenvalue weighted by atomic mass is 28.3. The predicted octanol–water partition coefficient (Wildman–Crippen LogP) is 4.37. The van der Waals surface area contributed by atoms with Crippen molar-refractivity contribution in [1.82, 2.24) is 24.8 Å². The first kappa shape index (κ1) is 28.4. The van der Waals surface area contributed by atoms with Crippen molar-refractivity contribution in [2.75, 3.05) is 11.9 Å². The Bertz CT molecular complexity index is 1340. The highest BCUT2D eigenvalue weighted by Gasteiger charge is 2.57. The van der Waals surface area contributed by atoms with Crippen LogP contribution in [0.4, 0.5) is 10.6 Å². The number of nitrogens with zero attached hydrogens (tertiary/aromatic N) is 4. The lowest BCUT2D eigenvalue weighted by atomic mass is 9.84. The third kappa shape index (κ3) is 5.96. The summed E-state index contributed by atoms with van der Waals surface area (Å²) in [6.07, 6.45) is 4.37. The number of anilines is 1. The number of rotatable bonds is 8. The molecule has 0 spiro atoms. The van der Waals surface area contributed by atoms with E-state index in [9.17, 15) is 4.79 Å². The van der Waals surface area contributed by atoms with Crippen molar-refractivity contribution in [3.8, 4) is 0 Å². The molecule has 40 heavy (non-hydrogen) atoms. The minimum absolute atomic E-state index is 0.212. The van der Waals surface area contributed by atoms with Crippen molar-refractivity contribution in [2.45, 2.75) is 77.7 Å². The number of amides is 2. The second-order valence-corrected chi connectivity index (χ2v) is 13.2. The molecule has 12 heteroatoms. The van der Waals surface area contributed by atoms with Gasteiger partial charge >= 0.3 is 6.03 Å². The maximum atomic E-state index is 12.2. The Balaban J connectivity index is 1.48. The van der Waals surface area contributed by atoms with Crippen LogP contribution in [0.15, 0.2) is 49.1 Å². The summed E-state index contributed by atoms with van der Waals surface area (Å²) in [6.45, 7) is 13.0. The molecule has 3 aromatic rings. The molecule has 2 N–H and O–H groups in total. The molecule has 2 fully saturated rings. The molecule has 213 valence electrons. The Morgan fingerprint density at radius 1 is 1.12 bits per heavy atom. The maximum absolute atomic E-state index is 12.2. The monoisotopic (exact) mass is 565 g/mol. The molecule has 0 aliphatic carbocycles. The lowest BCUT2D eigenvalue weighted by molar-refractivity contribution is -0.158. The van der Waals surface area contributed by atoms with Gasteiger partial charge in [0, 0.05) is 6.54 Å². The average Bonchev–Trinajstić information content (AvgIpc) is 3.60. The molecular weight excluding hydrogens is 528 g/mol. The van der Waals surface area contributed by atoms with Crippen molar-refractivity contribution in [2.24, 2.45) is 5.41 Å². The van der Waals surface area contributed by atoms with Gasteiger partial charge in [0.05, 0.1) is 12.4 Å². The highest BCUT2D eigenvalue weighted by Crippen LogP contribution is 2.45. The molecule has 2 aromatic heterocycles. The molecule has 0 bridgehead atoms. The summed E-state index contributed by atoms with van der Waals surface area (Å²) in [4.78, 5) is 25.4. The van der Waals surface area contributed by atoms with E-state index >= 15 is 0 Å². The van der Waals surface area contributed by atoms with Gasteiger partial charge in [0.1, 0.15) is 24.6 Å². The molecule has 6 unspecified atom stereocenters. The van der Waals surface area contributed by atoms with Crippen LogP contribution < -0.4 is 10.6 Å². The zero-order chi connectivity index (χ0) is 28.4. The molecule has 11 nitrogen and oxygen atoms in total. The molecule has 2 aliphatic heterocycles. The van der Waals surface area contributed by atoms with E-state index in [-0.39, 0.29) is 23.7 Å². The standard InChI is InChI=1S/C28H37N6O5Si/c1-7-29-27(35)33-24-19-25(31-15-30-24)34(16-32-19)26-22-20(21(38-26)23(28(2,3)4)39-40(5)6)36-18(37-22)14-13-17-11-9-8-10-12-17/h8-16,18,20-23,26H,7H2,1-6H3,(H2,29,30,31,33,35)/b14-13+. The second kappa shape index (κ2) is 11.8. The Hall–Kier alpha value is -3.16. The van der Waals surface area contributed by atoms with Crippen molar-refractivity contribution in [1.29, 1.82) is 0 Å². The van der Waals surface area contributed by atoms with Crippen molar-refractivity contribution >= 4 is 38.1 Å². The summed E-state index contributed by atoms with van der Waals surface area (Å²) >= 11 is 0. The second-order valence-electron chi connectivity index (χ2n) is 11.2. The predicted molar refractivity (Wildman–Crippen MR) is 153 cm³/mol. The summed E-state index contributed by atoms with van der Waals surface area (Å²) in [5, 5.41) is 5.45. The van der Waals surface area contributed by atoms with Gasteiger partial charge in [-0.1, -0.05) is 57.2 Å². The SMILES string of the molecule is CCNC(=O)Nc1ncnc2c1ncn2C1OC(C(O[Si](C)C)C(C)(C)C)C2OC(/C=C/c3ccccc3)OC21. The van der Waals surface area contributed by atoms with Crippen LogP contribution in [0.5, 0.6) is 0 Å². The fraction of sp³-hybridized carbons (Fsp3) is 0.500. The van der Waals surface area contributed by atoms with Crippen LogP contribution in [-0.2, 0) is 18.6 Å². The van der Waals surface area contributed by atoms with Crippen LogP contribution in [-0.4, -0.2) is 71.8 Å². The van der Waals surface area contributed by atoms with E-state index in [1.165, 1.54) is 6.33 Å². The van der Waals surface area contributed by atoms with Crippen LogP contribution >= 0.6 is 0 Å². The van der Waals surface area contributed by atoms with E-state index in [0.29, 0.717) is 23.5 Å². The first-order valence-electron chi connectivity index (χ1n) is 13.5. The van der Waals surface area contributed by atoms with Crippen LogP contribution in [0.25, 0.3) is 17.2 Å². The number of nitrogens with one attached hydrogen (secondary N) is 2. The largest absolute Gasteiger partial charge is 0.411 e. The molecule has 4 heterocycles. The number of aromatic nitrogens is 4. The molecule has 0 saturated carbocycles. The number of ether oxygens (including phenoxy) is 3. The van der Waals surface area contributed by atoms with Crippen LogP contribution in [0.2, 0.25) is 13.1 Å². The van der Waals surface area contributed by atoms with Crippen LogP contribution in [0, 0.1) is 5.41 Å². The molecule has 2 aliphatic rings. The smallest absolute Gasteiger partial charge is 0.320 e. The number of hydrogen-bond donors (Lipinski definition) is 2. The van der Waals surface area contributed by atoms with E-state index in [2.05, 4.69) is 59.5 Å². The zero-order valence-corrected chi connectivity index (χ0v) is 24.7. The lowest BCUT2D eigenvalue weighted by Crippen LogP contribution is -2.48. The molecular formula is C28H37N6O5Si. The van der Waals surface area contributed by atoms with Gasteiger partial charge in [-0.05, 0) is 37.1 Å². The van der Waals surface area contributed by atoms with Crippen LogP contribution in [0.1, 0.15) is 39.5 Å². The van der Waals surface area contributed by atoms with Gasteiger partial charge in [-0.25, -0.2) is 19.7 Å². The Labute approximate surface area is 236 Å². The molecule has 2 amide bonds. The fourth-order valence-electron chi connectivity index (χ4n) is 5.05. The fourth-order valence-corrected chi connectivity index (χ4v) is 6.05. The lowest BCUT2D eigenvalue weighted by Gasteiger charge is -2.37. The molecule has 1 aromatic carbocycles. The van der Waals surface area contributed by atoms with Crippen molar-refractivity contribution < 1.29 is 23.4 Å². The molecule has 2 saturated heterocycles. The van der Waals surface area contributed by atoms with Gasteiger partial charge in [-0.2, -0.15) is 0 Å². The number of carbonyl (C=O) groups excluding carboxylic acids is 1. The summed E-state index contributed by atoms with van der Waals surface area (Å²) < 4.78 is 28.0. The summed E-state index contributed by atoms with van der Waals surface area (Å²) in [5.41, 5.74) is 1.81. The quantitative estimate of drug-likeness (QED) is 0.386. The molecule has 6 atom stereocenters. The van der Waals surface area contributed by atoms with E-state index in [0.717, 1.165) is 5.56 Å². The van der Waals surface area contributed by atoms with Gasteiger partial charge < -0.3 is 24.0 Å². The minimum atomic E-state index is -1.04. The summed E-state index contributed by atoms with van der Waals surface area (Å²) in [7, 11) is -1.04. The molecule has 5 rings (SSSR count). The zero-order valence-electron chi connectivity index (χ0n) is 23.7. The summed E-state index contributed by atoms with van der Waals surface area (Å²) in [5.74, 6) is 0.313. The third-order valence-electron chi connectivity index (χ3n) is 6.77. The van der Waals surface area contributed by atoms with Crippen molar-refractivity contribution in [3.05, 3.63) is 54.6 Å². The highest BCUT2D eigenvalue weighted by molar-refractivity contribution is 6.48. The topological polar surface area (TPSA) is 122 Å². The normalized spacial score (nSPS) is 25.5. The van der Waals surface area contributed by atoms with Gasteiger partial charge in [-0.15, -0.1) is 0 Å². The Morgan fingerprint density at radius 2 is 1.88 bits per heavy atom. The van der Waals surface area contributed by atoms with Crippen LogP contribution in [0.3, 0.4) is 0 Å². The van der Waals surface area contributed by atoms with E-state index in [1.807, 2.05) is 54.0 Å². The number of hydrogen-bond acceptors (Lipinski definition) is 8. The number of fused-ring (bicyclic) bond motifs is 2. The van der Waals surface area contributed by atoms with Gasteiger partial charge in [0.15, 0.2) is 29.5 Å². The summed E-state index contributed by atoms with van der Waals surface area (Å²) in [6, 6.07) is 9.66. The van der Waals surface area contributed by atoms with E-state index < -0.39 is 33.8 Å². The minimum Gasteiger partial charge on any atom is -0.411 e. The van der Waals surface area contributed by atoms with E-state index in [1.54, 1.807) is 6.33 Å². The number of imidazole rings is 1. The van der Waals surface area contributed by atoms with Gasteiger partial charge in [0.25, 0.3) is 0 Å². The Kier molecular flexibility index (Phi) is 8.33. The third-order valence-corrected chi connectivity index (χ3v) is 7.50. The average molecular weight is 566 g/mol. The first-order chi connectivity index (χ1) is 19.2. The maximum Gasteiger partial charge on any atom is 0.320 e. The van der Waals surface area contributed by atoms with Gasteiger partial charge in [-0.3, -0.25) is 9.88 Å². The number of urea groups is 1. The number of benzene rings is 1. The molecule has 1 radical (unpaired) electrons. The number of carbonyl (C=O) groups is 1. The van der Waals surface area contributed by atoms with Gasteiger partial charge in [0.2, 0.25) is 9.04 Å².